The Kier molecular flexibility index (Phi) is 3.15. The van der Waals surface area contributed by atoms with E-state index in [-0.39, 0.29) is 5.54 Å². The van der Waals surface area contributed by atoms with Crippen LogP contribution in [0, 0.1) is 5.92 Å². The third-order valence-corrected chi connectivity index (χ3v) is 3.70. The molecule has 1 aliphatic rings. The Morgan fingerprint density at radius 2 is 2.47 bits per heavy atom. The summed E-state index contributed by atoms with van der Waals surface area (Å²) in [6.07, 6.45) is 10.8. The molecule has 0 radical (unpaired) electrons. The molecule has 2 rings (SSSR count). The fourth-order valence-electron chi connectivity index (χ4n) is 2.83. The van der Waals surface area contributed by atoms with Gasteiger partial charge in [-0.25, -0.2) is 0 Å². The fraction of sp³-hybridized carbons (Fsp3) is 0.692. The number of furan rings is 1. The van der Waals surface area contributed by atoms with Gasteiger partial charge >= 0.3 is 0 Å². The van der Waals surface area contributed by atoms with Crippen molar-refractivity contribution in [1.29, 1.82) is 0 Å². The largest absolute Gasteiger partial charge is 0.472 e. The highest BCUT2D eigenvalue weighted by molar-refractivity contribution is 5.11. The highest BCUT2D eigenvalue weighted by Gasteiger charge is 2.32. The first-order valence-electron chi connectivity index (χ1n) is 6.02. The molecule has 0 aliphatic heterocycles. The molecule has 84 valence electrons. The second kappa shape index (κ2) is 4.40. The number of hydrogen-bond acceptors (Lipinski definition) is 2. The Morgan fingerprint density at radius 1 is 1.60 bits per heavy atom. The Bertz CT molecular complexity index is 293. The van der Waals surface area contributed by atoms with Crippen LogP contribution >= 0.6 is 0 Å². The fourth-order valence-corrected chi connectivity index (χ4v) is 2.83. The second-order valence-corrected chi connectivity index (χ2v) is 5.04. The van der Waals surface area contributed by atoms with Crippen LogP contribution in [0.2, 0.25) is 0 Å². The molecule has 2 unspecified atom stereocenters. The lowest BCUT2D eigenvalue weighted by Crippen LogP contribution is -2.46. The lowest BCUT2D eigenvalue weighted by Gasteiger charge is -2.37. The van der Waals surface area contributed by atoms with Crippen LogP contribution in [0.15, 0.2) is 23.0 Å². The van der Waals surface area contributed by atoms with Crippen LogP contribution in [0.4, 0.5) is 0 Å². The molecule has 1 aromatic heterocycles. The third-order valence-electron chi connectivity index (χ3n) is 3.70. The topological polar surface area (TPSA) is 39.2 Å². The predicted octanol–water partition coefficient (Wildman–Crippen LogP) is 3.12. The van der Waals surface area contributed by atoms with Crippen LogP contribution in [0.5, 0.6) is 0 Å². The summed E-state index contributed by atoms with van der Waals surface area (Å²) in [4.78, 5) is 0. The van der Waals surface area contributed by atoms with E-state index in [0.29, 0.717) is 0 Å². The molecule has 0 spiro atoms. The zero-order chi connectivity index (χ0) is 10.7. The summed E-state index contributed by atoms with van der Waals surface area (Å²) in [5.41, 5.74) is 7.74. The van der Waals surface area contributed by atoms with Gasteiger partial charge in [-0.1, -0.05) is 26.2 Å². The summed E-state index contributed by atoms with van der Waals surface area (Å²) < 4.78 is 5.10. The van der Waals surface area contributed by atoms with Crippen molar-refractivity contribution in [2.75, 3.05) is 0 Å². The monoisotopic (exact) mass is 207 g/mol. The number of hydrogen-bond donors (Lipinski definition) is 1. The molecular weight excluding hydrogens is 186 g/mol. The molecule has 2 nitrogen and oxygen atoms in total. The van der Waals surface area contributed by atoms with E-state index in [2.05, 4.69) is 6.92 Å². The minimum absolute atomic E-state index is 0.0167. The minimum atomic E-state index is 0.0167. The average molecular weight is 207 g/mol. The quantitative estimate of drug-likeness (QED) is 0.827. The molecule has 1 aromatic rings. The first-order chi connectivity index (χ1) is 7.22. The molecule has 1 saturated carbocycles. The maximum atomic E-state index is 6.47. The second-order valence-electron chi connectivity index (χ2n) is 5.04. The first kappa shape index (κ1) is 10.7. The number of nitrogens with two attached hydrogens (primary N) is 1. The standard InChI is InChI=1S/C13H21NO/c1-2-11-4-3-6-13(14,8-11)9-12-5-7-15-10-12/h5,7,10-11H,2-4,6,8-9,14H2,1H3. The zero-order valence-corrected chi connectivity index (χ0v) is 9.54. The highest BCUT2D eigenvalue weighted by Crippen LogP contribution is 2.34. The Balaban J connectivity index is 1.99. The van der Waals surface area contributed by atoms with Gasteiger partial charge in [-0.05, 0) is 36.8 Å². The molecule has 2 heteroatoms. The Morgan fingerprint density at radius 3 is 3.13 bits per heavy atom. The Labute approximate surface area is 91.8 Å². The van der Waals surface area contributed by atoms with Crippen LogP contribution in [-0.4, -0.2) is 5.54 Å². The maximum Gasteiger partial charge on any atom is 0.0935 e. The third kappa shape index (κ3) is 2.63. The van der Waals surface area contributed by atoms with Gasteiger partial charge in [0.2, 0.25) is 0 Å². The maximum absolute atomic E-state index is 6.47. The van der Waals surface area contributed by atoms with E-state index in [1.807, 2.05) is 12.3 Å². The van der Waals surface area contributed by atoms with Gasteiger partial charge in [-0.15, -0.1) is 0 Å². The van der Waals surface area contributed by atoms with Crippen molar-refractivity contribution >= 4 is 0 Å². The Hall–Kier alpha value is -0.760. The van der Waals surface area contributed by atoms with E-state index in [4.69, 9.17) is 10.2 Å². The van der Waals surface area contributed by atoms with Gasteiger partial charge in [0.15, 0.2) is 0 Å². The van der Waals surface area contributed by atoms with Crippen molar-refractivity contribution in [3.63, 3.8) is 0 Å². The molecule has 1 fully saturated rings. The van der Waals surface area contributed by atoms with Crippen LogP contribution in [0.3, 0.4) is 0 Å². The van der Waals surface area contributed by atoms with Gasteiger partial charge in [0.1, 0.15) is 0 Å². The van der Waals surface area contributed by atoms with Crippen molar-refractivity contribution in [1.82, 2.24) is 0 Å². The van der Waals surface area contributed by atoms with Gasteiger partial charge in [0.05, 0.1) is 12.5 Å². The molecular formula is C13H21NO. The van der Waals surface area contributed by atoms with Crippen molar-refractivity contribution < 1.29 is 4.42 Å². The van der Waals surface area contributed by atoms with Crippen LogP contribution in [0.25, 0.3) is 0 Å². The number of rotatable bonds is 3. The van der Waals surface area contributed by atoms with Crippen molar-refractivity contribution in [3.05, 3.63) is 24.2 Å². The molecule has 2 atom stereocenters. The van der Waals surface area contributed by atoms with Crippen LogP contribution in [-0.2, 0) is 6.42 Å². The van der Waals surface area contributed by atoms with Crippen molar-refractivity contribution in [2.45, 2.75) is 51.0 Å². The van der Waals surface area contributed by atoms with Gasteiger partial charge in [-0.2, -0.15) is 0 Å². The molecule has 0 amide bonds. The van der Waals surface area contributed by atoms with E-state index in [1.54, 1.807) is 6.26 Å². The molecule has 2 N–H and O–H groups in total. The van der Waals surface area contributed by atoms with Gasteiger partial charge < -0.3 is 10.2 Å². The van der Waals surface area contributed by atoms with E-state index in [1.165, 1.54) is 31.2 Å². The average Bonchev–Trinajstić information content (AvgIpc) is 2.69. The summed E-state index contributed by atoms with van der Waals surface area (Å²) in [5, 5.41) is 0. The summed E-state index contributed by atoms with van der Waals surface area (Å²) >= 11 is 0. The normalized spacial score (nSPS) is 31.7. The smallest absolute Gasteiger partial charge is 0.0935 e. The predicted molar refractivity (Wildman–Crippen MR) is 61.6 cm³/mol. The summed E-state index contributed by atoms with van der Waals surface area (Å²) in [5.74, 6) is 0.829. The van der Waals surface area contributed by atoms with E-state index < -0.39 is 0 Å². The molecule has 15 heavy (non-hydrogen) atoms. The minimum Gasteiger partial charge on any atom is -0.472 e. The highest BCUT2D eigenvalue weighted by atomic mass is 16.3. The summed E-state index contributed by atoms with van der Waals surface area (Å²) in [6, 6.07) is 2.03. The SMILES string of the molecule is CCC1CCCC(N)(Cc2ccoc2)C1. The molecule has 0 bridgehead atoms. The lowest BCUT2D eigenvalue weighted by atomic mass is 9.73. The van der Waals surface area contributed by atoms with E-state index in [0.717, 1.165) is 18.8 Å². The molecule has 1 heterocycles. The van der Waals surface area contributed by atoms with Gasteiger partial charge in [0.25, 0.3) is 0 Å². The van der Waals surface area contributed by atoms with Crippen molar-refractivity contribution in [2.24, 2.45) is 11.7 Å². The summed E-state index contributed by atoms with van der Waals surface area (Å²) in [7, 11) is 0. The van der Waals surface area contributed by atoms with Crippen molar-refractivity contribution in [3.8, 4) is 0 Å². The first-order valence-corrected chi connectivity index (χ1v) is 6.02. The lowest BCUT2D eigenvalue weighted by molar-refractivity contribution is 0.218. The van der Waals surface area contributed by atoms with E-state index >= 15 is 0 Å². The van der Waals surface area contributed by atoms with Gasteiger partial charge in [0, 0.05) is 5.54 Å². The van der Waals surface area contributed by atoms with Crippen LogP contribution in [0.1, 0.15) is 44.6 Å². The molecule has 1 aliphatic carbocycles. The van der Waals surface area contributed by atoms with Gasteiger partial charge in [-0.3, -0.25) is 0 Å². The summed E-state index contributed by atoms with van der Waals surface area (Å²) in [6.45, 7) is 2.27. The molecule has 0 aromatic carbocycles. The van der Waals surface area contributed by atoms with Crippen LogP contribution < -0.4 is 5.73 Å². The van der Waals surface area contributed by atoms with E-state index in [9.17, 15) is 0 Å². The zero-order valence-electron chi connectivity index (χ0n) is 9.54. The molecule has 0 saturated heterocycles.